The Kier molecular flexibility index (Phi) is 8.88. The molecule has 0 bridgehead atoms. The highest BCUT2D eigenvalue weighted by Gasteiger charge is 2.33. The number of esters is 1. The first-order chi connectivity index (χ1) is 14.0. The lowest BCUT2D eigenvalue weighted by atomic mass is 9.96. The van der Waals surface area contributed by atoms with Crippen LogP contribution in [0.25, 0.3) is 0 Å². The van der Waals surface area contributed by atoms with Gasteiger partial charge in [-0.3, -0.25) is 9.59 Å². The molecule has 0 aliphatic heterocycles. The zero-order valence-electron chi connectivity index (χ0n) is 18.7. The van der Waals surface area contributed by atoms with E-state index in [2.05, 4.69) is 10.4 Å². The van der Waals surface area contributed by atoms with Crippen molar-refractivity contribution in [1.82, 2.24) is 10.4 Å². The number of rotatable bonds is 8. The highest BCUT2D eigenvalue weighted by molar-refractivity contribution is 7.99. The summed E-state index contributed by atoms with van der Waals surface area (Å²) in [7, 11) is 0. The monoisotopic (exact) mass is 440 g/mol. The van der Waals surface area contributed by atoms with Crippen LogP contribution < -0.4 is 10.00 Å². The topological polar surface area (TPSA) is 102 Å². The number of carbonyl (C=O) groups excluding carboxylic acids is 3. The summed E-state index contributed by atoms with van der Waals surface area (Å²) in [5.41, 5.74) is -0.591. The fourth-order valence-electron chi connectivity index (χ4n) is 3.15. The number of ketones is 1. The molecule has 1 heterocycles. The van der Waals surface area contributed by atoms with Gasteiger partial charge in [0.2, 0.25) is 5.78 Å². The van der Waals surface area contributed by atoms with E-state index in [4.69, 9.17) is 9.15 Å². The number of aromatic nitrogens is 2. The molecule has 0 aromatic carbocycles. The van der Waals surface area contributed by atoms with Gasteiger partial charge in [0.25, 0.3) is 5.22 Å². The molecule has 1 saturated carbocycles. The molecule has 0 unspecified atom stereocenters. The van der Waals surface area contributed by atoms with Crippen molar-refractivity contribution >= 4 is 29.5 Å². The summed E-state index contributed by atoms with van der Waals surface area (Å²) >= 11 is 1.00. The van der Waals surface area contributed by atoms with Gasteiger partial charge in [-0.05, 0) is 68.6 Å². The first-order valence-corrected chi connectivity index (χ1v) is 11.7. The minimum atomic E-state index is -0.591. The third-order valence-electron chi connectivity index (χ3n) is 4.60. The first kappa shape index (κ1) is 24.4. The summed E-state index contributed by atoms with van der Waals surface area (Å²) < 4.78 is 11.9. The molecule has 9 heteroatoms. The Morgan fingerprint density at radius 3 is 2.50 bits per heavy atom. The van der Waals surface area contributed by atoms with Crippen LogP contribution in [0.5, 0.6) is 0 Å². The molecule has 2 rings (SSSR count). The van der Waals surface area contributed by atoms with Crippen molar-refractivity contribution in [2.24, 2.45) is 5.92 Å². The minimum absolute atomic E-state index is 0.0261. The Labute approximate surface area is 182 Å². The lowest BCUT2D eigenvalue weighted by Gasteiger charge is -2.18. The molecule has 0 radical (unpaired) electrons. The summed E-state index contributed by atoms with van der Waals surface area (Å²) in [5, 5.41) is 7.21. The second-order valence-corrected chi connectivity index (χ2v) is 10.0. The summed E-state index contributed by atoms with van der Waals surface area (Å²) in [4.78, 5) is 37.4. The second kappa shape index (κ2) is 10.9. The first-order valence-electron chi connectivity index (χ1n) is 10.7. The van der Waals surface area contributed by atoms with Gasteiger partial charge in [-0.15, -0.1) is 0 Å². The van der Waals surface area contributed by atoms with E-state index in [9.17, 15) is 14.4 Å². The normalized spacial score (nSPS) is 15.3. The van der Waals surface area contributed by atoms with Crippen LogP contribution in [0.3, 0.4) is 0 Å². The maximum absolute atomic E-state index is 12.8. The Balaban J connectivity index is 2.12. The van der Waals surface area contributed by atoms with Gasteiger partial charge in [-0.2, -0.15) is 4.79 Å². The number of ether oxygens (including phenoxy) is 1. The summed E-state index contributed by atoms with van der Waals surface area (Å²) in [6, 6.07) is -0.394. The molecule has 1 fully saturated rings. The van der Waals surface area contributed by atoms with Gasteiger partial charge in [0.15, 0.2) is 0 Å². The Morgan fingerprint density at radius 2 is 1.90 bits per heavy atom. The molecule has 1 N–H and O–H groups in total. The molecule has 0 spiro atoms. The van der Waals surface area contributed by atoms with Crippen LogP contribution in [0.4, 0.5) is 4.79 Å². The van der Waals surface area contributed by atoms with Crippen LogP contribution in [0.2, 0.25) is 0 Å². The number of carbonyl (C=O) groups is 3. The largest absolute Gasteiger partial charge is 0.520 e. The standard InChI is InChI=1S/C21H33N3O5S/c1-14(2)11-12-16(25)18-24(19(27)22-15-9-7-6-8-10-15)23-20(28-18)30-13-17(26)29-21(3,4)5/h14-15H,6-13H2,1-5H3/p+1. The molecule has 1 aromatic heterocycles. The Bertz CT molecular complexity index is 748. The lowest BCUT2D eigenvalue weighted by Crippen LogP contribution is -2.57. The highest BCUT2D eigenvalue weighted by atomic mass is 32.2. The van der Waals surface area contributed by atoms with Gasteiger partial charge in [0, 0.05) is 6.42 Å². The Morgan fingerprint density at radius 1 is 1.23 bits per heavy atom. The second-order valence-electron chi connectivity index (χ2n) is 9.10. The van der Waals surface area contributed by atoms with Gasteiger partial charge in [-0.1, -0.05) is 32.0 Å². The summed E-state index contributed by atoms with van der Waals surface area (Å²) in [5.74, 6) is -0.476. The van der Waals surface area contributed by atoms with Gasteiger partial charge in [0.1, 0.15) is 11.4 Å². The van der Waals surface area contributed by atoms with Crippen LogP contribution in [0, 0.1) is 5.92 Å². The number of hydrogen-bond donors (Lipinski definition) is 1. The lowest BCUT2D eigenvalue weighted by molar-refractivity contribution is -0.640. The highest BCUT2D eigenvalue weighted by Crippen LogP contribution is 2.20. The van der Waals surface area contributed by atoms with Crippen LogP contribution in [-0.4, -0.2) is 40.3 Å². The van der Waals surface area contributed by atoms with E-state index in [0.29, 0.717) is 12.3 Å². The van der Waals surface area contributed by atoms with Gasteiger partial charge >= 0.3 is 17.9 Å². The van der Waals surface area contributed by atoms with E-state index < -0.39 is 17.6 Å². The van der Waals surface area contributed by atoms with E-state index >= 15 is 0 Å². The SMILES string of the molecule is CC(C)CCC(=O)c1oc(SCC(=O)OC(C)(C)C)n[n+]1C(=O)NC1CCCCC1. The Hall–Kier alpha value is -1.90. The molecular formula is C21H34N3O5S+. The van der Waals surface area contributed by atoms with Crippen molar-refractivity contribution in [2.75, 3.05) is 5.75 Å². The molecule has 1 amide bonds. The summed E-state index contributed by atoms with van der Waals surface area (Å²) in [6.45, 7) is 9.42. The average molecular weight is 441 g/mol. The predicted molar refractivity (Wildman–Crippen MR) is 112 cm³/mol. The van der Waals surface area contributed by atoms with Crippen molar-refractivity contribution in [1.29, 1.82) is 0 Å². The maximum Gasteiger partial charge on any atom is 0.520 e. The molecule has 0 saturated heterocycles. The number of amides is 1. The zero-order chi connectivity index (χ0) is 22.3. The number of nitrogens with one attached hydrogen (secondary N) is 1. The quantitative estimate of drug-likeness (QED) is 0.283. The molecule has 168 valence electrons. The predicted octanol–water partition coefficient (Wildman–Crippen LogP) is 3.91. The average Bonchev–Trinajstić information content (AvgIpc) is 3.08. The van der Waals surface area contributed by atoms with Crippen LogP contribution in [-0.2, 0) is 9.53 Å². The van der Waals surface area contributed by atoms with Crippen molar-refractivity contribution in [3.63, 3.8) is 0 Å². The smallest absolute Gasteiger partial charge is 0.459 e. The molecule has 8 nitrogen and oxygen atoms in total. The molecule has 30 heavy (non-hydrogen) atoms. The number of Topliss-reactive ketones (excluding diaryl/α,β-unsaturated/α-hetero) is 1. The van der Waals surface area contributed by atoms with Crippen LogP contribution >= 0.6 is 11.8 Å². The molecular weight excluding hydrogens is 406 g/mol. The molecule has 0 atom stereocenters. The number of nitrogens with zero attached hydrogens (tertiary/aromatic N) is 2. The van der Waals surface area contributed by atoms with Gasteiger partial charge < -0.3 is 9.15 Å². The van der Waals surface area contributed by atoms with Crippen LogP contribution in [0.15, 0.2) is 9.64 Å². The summed E-state index contributed by atoms with van der Waals surface area (Å²) in [6.07, 6.45) is 6.11. The third kappa shape index (κ3) is 8.08. The van der Waals surface area contributed by atoms with E-state index in [1.165, 1.54) is 6.42 Å². The van der Waals surface area contributed by atoms with Crippen molar-refractivity contribution in [2.45, 2.75) is 96.4 Å². The number of thioether (sulfide) groups is 1. The maximum atomic E-state index is 12.8. The molecule has 1 aliphatic carbocycles. The van der Waals surface area contributed by atoms with E-state index in [1.54, 1.807) is 20.8 Å². The third-order valence-corrected chi connectivity index (χ3v) is 5.40. The van der Waals surface area contributed by atoms with Gasteiger partial charge in [-0.25, -0.2) is 5.32 Å². The molecule has 1 aromatic rings. The van der Waals surface area contributed by atoms with E-state index in [0.717, 1.165) is 42.1 Å². The van der Waals surface area contributed by atoms with Crippen molar-refractivity contribution < 1.29 is 28.2 Å². The minimum Gasteiger partial charge on any atom is -0.459 e. The van der Waals surface area contributed by atoms with Crippen molar-refractivity contribution in [3.05, 3.63) is 5.89 Å². The zero-order valence-corrected chi connectivity index (χ0v) is 19.5. The van der Waals surface area contributed by atoms with E-state index in [1.807, 2.05) is 13.8 Å². The number of hydrogen-bond acceptors (Lipinski definition) is 7. The van der Waals surface area contributed by atoms with E-state index in [-0.39, 0.29) is 35.1 Å². The fourth-order valence-corrected chi connectivity index (χ4v) is 3.72. The molecule has 1 aliphatic rings. The van der Waals surface area contributed by atoms with Gasteiger partial charge in [0.05, 0.1) is 6.04 Å². The fraction of sp³-hybridized carbons (Fsp3) is 0.762. The van der Waals surface area contributed by atoms with Crippen LogP contribution in [0.1, 0.15) is 90.2 Å². The van der Waals surface area contributed by atoms with Crippen molar-refractivity contribution in [3.8, 4) is 0 Å².